The third kappa shape index (κ3) is 2.49. The van der Waals surface area contributed by atoms with E-state index in [-0.39, 0.29) is 17.0 Å². The molecule has 58 valence electrons. The Kier molecular flexibility index (Phi) is 4.31. The van der Waals surface area contributed by atoms with E-state index in [1.807, 2.05) is 0 Å². The largest absolute Gasteiger partial charge is 1.00 e. The first-order chi connectivity index (χ1) is 4.33. The summed E-state index contributed by atoms with van der Waals surface area (Å²) in [5, 5.41) is 3.18. The Labute approximate surface area is 71.3 Å². The molecular formula is C5H11BrN4. The smallest absolute Gasteiger partial charge is 0.411 e. The van der Waals surface area contributed by atoms with Crippen molar-refractivity contribution in [1.29, 1.82) is 0 Å². The van der Waals surface area contributed by atoms with Crippen molar-refractivity contribution in [3.63, 3.8) is 0 Å². The molecule has 0 saturated carbocycles. The zero-order valence-electron chi connectivity index (χ0n) is 5.84. The van der Waals surface area contributed by atoms with Gasteiger partial charge in [-0.3, -0.25) is 0 Å². The van der Waals surface area contributed by atoms with Gasteiger partial charge in [0.15, 0.2) is 0 Å². The molecule has 0 atom stereocenters. The van der Waals surface area contributed by atoms with Crippen molar-refractivity contribution in [3.05, 3.63) is 12.4 Å². The van der Waals surface area contributed by atoms with Gasteiger partial charge < -0.3 is 17.0 Å². The first-order valence-corrected chi connectivity index (χ1v) is 3.00. The molecule has 1 aliphatic rings. The van der Waals surface area contributed by atoms with Crippen LogP contribution in [-0.2, 0) is 0 Å². The number of nitrogens with two attached hydrogens (primary N) is 1. The molecule has 0 fully saturated rings. The molecule has 1 heterocycles. The molecule has 4 nitrogen and oxygen atoms in total. The van der Waals surface area contributed by atoms with Gasteiger partial charge in [0.05, 0.1) is 6.54 Å². The van der Waals surface area contributed by atoms with Crippen molar-refractivity contribution < 1.29 is 17.0 Å². The molecule has 0 aromatic heterocycles. The number of nitrogens with one attached hydrogen (secondary N) is 1. The molecule has 0 aromatic rings. The summed E-state index contributed by atoms with van der Waals surface area (Å²) in [6.07, 6.45) is 5.64. The minimum Gasteiger partial charge on any atom is -1.00 e. The minimum atomic E-state index is 0. The van der Waals surface area contributed by atoms with Crippen LogP contribution < -0.4 is 28.4 Å². The highest BCUT2D eigenvalue weighted by Gasteiger charge is 2.20. The summed E-state index contributed by atoms with van der Waals surface area (Å²) >= 11 is 0. The van der Waals surface area contributed by atoms with Gasteiger partial charge >= 0.3 is 12.4 Å². The van der Waals surface area contributed by atoms with Crippen LogP contribution in [0.4, 0.5) is 0 Å². The van der Waals surface area contributed by atoms with Gasteiger partial charge in [-0.15, -0.1) is 0 Å². The van der Waals surface area contributed by atoms with Crippen LogP contribution in [0.25, 0.3) is 0 Å². The summed E-state index contributed by atoms with van der Waals surface area (Å²) in [6, 6.07) is 0. The zero-order chi connectivity index (χ0) is 6.69. The Balaban J connectivity index is 0.000000810. The second kappa shape index (κ2) is 4.46. The highest BCUT2D eigenvalue weighted by molar-refractivity contribution is 4.74. The highest BCUT2D eigenvalue weighted by Crippen LogP contribution is 1.93. The Hall–Kier alpha value is -0.350. The lowest BCUT2D eigenvalue weighted by Crippen LogP contribution is -3.00. The lowest BCUT2D eigenvalue weighted by molar-refractivity contribution is -0.00000225. The summed E-state index contributed by atoms with van der Waals surface area (Å²) in [6.45, 7) is 3.03. The first-order valence-electron chi connectivity index (χ1n) is 3.00. The quantitative estimate of drug-likeness (QED) is 0.366. The van der Waals surface area contributed by atoms with Crippen LogP contribution in [0.15, 0.2) is 6.20 Å². The van der Waals surface area contributed by atoms with Crippen molar-refractivity contribution in [2.75, 3.05) is 6.54 Å². The molecule has 0 aromatic carbocycles. The van der Waals surface area contributed by atoms with E-state index < -0.39 is 0 Å². The number of halogens is 1. The maximum atomic E-state index is 5.32. The normalized spacial score (nSPS) is 15.0. The van der Waals surface area contributed by atoms with Crippen LogP contribution in [-0.4, -0.2) is 16.7 Å². The van der Waals surface area contributed by atoms with E-state index in [1.165, 1.54) is 5.12 Å². The van der Waals surface area contributed by atoms with E-state index in [2.05, 4.69) is 18.7 Å². The van der Waals surface area contributed by atoms with Crippen molar-refractivity contribution in [2.45, 2.75) is 13.3 Å². The zero-order valence-corrected chi connectivity index (χ0v) is 7.43. The predicted molar refractivity (Wildman–Crippen MR) is 34.0 cm³/mol. The lowest BCUT2D eigenvalue weighted by atomic mass is 10.5. The molecule has 0 radical (unpaired) electrons. The van der Waals surface area contributed by atoms with Crippen LogP contribution in [0.3, 0.4) is 0 Å². The maximum Gasteiger partial charge on any atom is 0.411 e. The Morgan fingerprint density at radius 3 is 2.80 bits per heavy atom. The van der Waals surface area contributed by atoms with Crippen LogP contribution in [0, 0.1) is 6.20 Å². The molecule has 0 saturated heterocycles. The van der Waals surface area contributed by atoms with Crippen LogP contribution >= 0.6 is 0 Å². The monoisotopic (exact) mass is 206 g/mol. The summed E-state index contributed by atoms with van der Waals surface area (Å²) in [7, 11) is 0. The van der Waals surface area contributed by atoms with E-state index in [0.29, 0.717) is 0 Å². The van der Waals surface area contributed by atoms with Gasteiger partial charge in [0.1, 0.15) is 0 Å². The molecule has 1 rings (SSSR count). The van der Waals surface area contributed by atoms with Gasteiger partial charge in [-0.2, -0.15) is 5.12 Å². The van der Waals surface area contributed by atoms with E-state index in [0.717, 1.165) is 13.0 Å². The van der Waals surface area contributed by atoms with E-state index >= 15 is 0 Å². The van der Waals surface area contributed by atoms with Gasteiger partial charge in [0.25, 0.3) is 0 Å². The number of hydrogen-bond acceptors (Lipinski definition) is 4. The van der Waals surface area contributed by atoms with Crippen LogP contribution in [0.2, 0.25) is 0 Å². The second-order valence-corrected chi connectivity index (χ2v) is 1.92. The average molecular weight is 207 g/mol. The molecule has 10 heavy (non-hydrogen) atoms. The summed E-state index contributed by atoms with van der Waals surface area (Å²) < 4.78 is 0. The molecule has 5 heteroatoms. The summed E-state index contributed by atoms with van der Waals surface area (Å²) in [5.74, 6) is 5.32. The first kappa shape index (κ1) is 9.65. The average Bonchev–Trinajstić information content (AvgIpc) is 2.17. The number of hydrogen-bond donors (Lipinski definition) is 2. The van der Waals surface area contributed by atoms with Crippen LogP contribution in [0.1, 0.15) is 13.3 Å². The number of nitrogens with zero attached hydrogens (tertiary/aromatic N) is 2. The summed E-state index contributed by atoms with van der Waals surface area (Å²) in [5.41, 5.74) is 2.83. The molecule has 0 spiro atoms. The predicted octanol–water partition coefficient (Wildman–Crippen LogP) is -3.41. The van der Waals surface area contributed by atoms with E-state index in [1.54, 1.807) is 11.2 Å². The second-order valence-electron chi connectivity index (χ2n) is 1.92. The fraction of sp³-hybridized carbons (Fsp3) is 0.600. The minimum absolute atomic E-state index is 0. The molecule has 1 aliphatic heterocycles. The van der Waals surface area contributed by atoms with Gasteiger partial charge in [0.2, 0.25) is 0 Å². The Bertz CT molecular complexity index is 116. The number of hydrazine groups is 3. The van der Waals surface area contributed by atoms with Crippen molar-refractivity contribution in [2.24, 2.45) is 5.84 Å². The van der Waals surface area contributed by atoms with Crippen molar-refractivity contribution in [3.8, 4) is 0 Å². The van der Waals surface area contributed by atoms with E-state index in [4.69, 9.17) is 5.84 Å². The van der Waals surface area contributed by atoms with Crippen LogP contribution in [0.5, 0.6) is 0 Å². The molecule has 0 bridgehead atoms. The lowest BCUT2D eigenvalue weighted by Gasteiger charge is -2.06. The molecule has 0 amide bonds. The molecule has 0 unspecified atom stereocenters. The molecule has 0 aliphatic carbocycles. The third-order valence-corrected chi connectivity index (χ3v) is 1.04. The topological polar surface area (TPSA) is 44.5 Å². The summed E-state index contributed by atoms with van der Waals surface area (Å²) in [4.78, 5) is 0. The van der Waals surface area contributed by atoms with Gasteiger partial charge in [-0.05, 0) is 6.42 Å². The van der Waals surface area contributed by atoms with Gasteiger partial charge in [0, 0.05) is 0 Å². The highest BCUT2D eigenvalue weighted by atomic mass is 79.9. The molecular weight excluding hydrogens is 196 g/mol. The third-order valence-electron chi connectivity index (χ3n) is 1.04. The van der Waals surface area contributed by atoms with Crippen molar-refractivity contribution in [1.82, 2.24) is 15.7 Å². The maximum absolute atomic E-state index is 5.32. The standard InChI is InChI=1S/C5H11N4.BrH/c1-2-3-8-4-5-9(6)7-8;/h5,7H,2-3,6H2,1H3;1H/q+1;/p-1. The fourth-order valence-corrected chi connectivity index (χ4v) is 0.667. The molecule has 3 N–H and O–H groups in total. The Morgan fingerprint density at radius 2 is 2.40 bits per heavy atom. The van der Waals surface area contributed by atoms with Gasteiger partial charge in [-0.1, -0.05) is 17.5 Å². The fourth-order valence-electron chi connectivity index (χ4n) is 0.667. The Morgan fingerprint density at radius 1 is 1.70 bits per heavy atom. The van der Waals surface area contributed by atoms with Gasteiger partial charge in [-0.25, -0.2) is 5.84 Å². The van der Waals surface area contributed by atoms with Crippen molar-refractivity contribution >= 4 is 0 Å². The SMILES string of the molecule is CCCN1[C+]=CN(N)N1.[Br-]. The van der Waals surface area contributed by atoms with E-state index in [9.17, 15) is 0 Å². The number of rotatable bonds is 2.